The Hall–Kier alpha value is -1.10. The number of amides is 1. The van der Waals surface area contributed by atoms with Gasteiger partial charge < -0.3 is 15.3 Å². The minimum atomic E-state index is -0.0576. The van der Waals surface area contributed by atoms with Crippen LogP contribution < -0.4 is 5.32 Å². The second kappa shape index (κ2) is 7.36. The minimum absolute atomic E-state index is 0.0576. The number of oxime groups is 1. The molecule has 0 aromatic heterocycles. The van der Waals surface area contributed by atoms with Gasteiger partial charge in [-0.3, -0.25) is 4.79 Å². The van der Waals surface area contributed by atoms with Gasteiger partial charge in [0.05, 0.1) is 11.8 Å². The Balaban J connectivity index is 2.19. The Labute approximate surface area is 109 Å². The molecule has 1 atom stereocenters. The first-order valence-electron chi connectivity index (χ1n) is 6.63. The molecule has 1 unspecified atom stereocenters. The summed E-state index contributed by atoms with van der Waals surface area (Å²) in [6.45, 7) is 6.26. The smallest absolute Gasteiger partial charge is 0.246 e. The Morgan fingerprint density at radius 1 is 1.44 bits per heavy atom. The van der Waals surface area contributed by atoms with Crippen LogP contribution >= 0.6 is 0 Å². The normalized spacial score (nSPS) is 21.8. The van der Waals surface area contributed by atoms with Gasteiger partial charge in [0, 0.05) is 6.04 Å². The van der Waals surface area contributed by atoms with Crippen molar-refractivity contribution in [3.8, 4) is 0 Å². The zero-order chi connectivity index (χ0) is 13.5. The molecule has 1 fully saturated rings. The van der Waals surface area contributed by atoms with Gasteiger partial charge in [-0.15, -0.1) is 0 Å². The molecule has 0 radical (unpaired) electrons. The SMILES string of the molecule is CC(C)C(C)NC(=O)COC1CCC(=NO)CC1. The topological polar surface area (TPSA) is 70.9 Å². The fraction of sp³-hybridized carbons (Fsp3) is 0.846. The van der Waals surface area contributed by atoms with Gasteiger partial charge in [-0.1, -0.05) is 19.0 Å². The number of hydrogen-bond acceptors (Lipinski definition) is 4. The highest BCUT2D eigenvalue weighted by Gasteiger charge is 2.20. The van der Waals surface area contributed by atoms with Gasteiger partial charge in [0.25, 0.3) is 0 Å². The minimum Gasteiger partial charge on any atom is -0.411 e. The largest absolute Gasteiger partial charge is 0.411 e. The summed E-state index contributed by atoms with van der Waals surface area (Å²) in [5.74, 6) is 0.366. The zero-order valence-electron chi connectivity index (χ0n) is 11.5. The molecule has 0 saturated heterocycles. The van der Waals surface area contributed by atoms with E-state index < -0.39 is 0 Å². The summed E-state index contributed by atoms with van der Waals surface area (Å²) in [4.78, 5) is 11.6. The average molecular weight is 256 g/mol. The van der Waals surface area contributed by atoms with E-state index in [0.717, 1.165) is 31.4 Å². The quantitative estimate of drug-likeness (QED) is 0.583. The van der Waals surface area contributed by atoms with Crippen LogP contribution in [0.25, 0.3) is 0 Å². The van der Waals surface area contributed by atoms with Crippen LogP contribution in [0.3, 0.4) is 0 Å². The fourth-order valence-corrected chi connectivity index (χ4v) is 1.85. The van der Waals surface area contributed by atoms with Crippen molar-refractivity contribution in [2.75, 3.05) is 6.61 Å². The third-order valence-corrected chi connectivity index (χ3v) is 3.49. The van der Waals surface area contributed by atoms with Crippen molar-refractivity contribution in [2.45, 2.75) is 58.6 Å². The van der Waals surface area contributed by atoms with Crippen LogP contribution in [-0.2, 0) is 9.53 Å². The Kier molecular flexibility index (Phi) is 6.12. The fourth-order valence-electron chi connectivity index (χ4n) is 1.85. The van der Waals surface area contributed by atoms with Crippen molar-refractivity contribution in [3.05, 3.63) is 0 Å². The molecule has 1 aliphatic carbocycles. The predicted molar refractivity (Wildman–Crippen MR) is 69.9 cm³/mol. The first-order valence-corrected chi connectivity index (χ1v) is 6.63. The van der Waals surface area contributed by atoms with E-state index in [1.54, 1.807) is 0 Å². The molecule has 0 aromatic carbocycles. The molecule has 2 N–H and O–H groups in total. The van der Waals surface area contributed by atoms with Crippen molar-refractivity contribution >= 4 is 11.6 Å². The van der Waals surface area contributed by atoms with Gasteiger partial charge in [0.2, 0.25) is 5.91 Å². The lowest BCUT2D eigenvalue weighted by Gasteiger charge is -2.23. The number of hydrogen-bond donors (Lipinski definition) is 2. The van der Waals surface area contributed by atoms with Crippen LogP contribution in [0.1, 0.15) is 46.5 Å². The summed E-state index contributed by atoms with van der Waals surface area (Å²) in [7, 11) is 0. The number of nitrogens with zero attached hydrogens (tertiary/aromatic N) is 1. The summed E-state index contributed by atoms with van der Waals surface area (Å²) in [6.07, 6.45) is 3.27. The van der Waals surface area contributed by atoms with Crippen LogP contribution in [0.5, 0.6) is 0 Å². The summed E-state index contributed by atoms with van der Waals surface area (Å²) in [5.41, 5.74) is 0.827. The van der Waals surface area contributed by atoms with Crippen molar-refractivity contribution in [1.82, 2.24) is 5.32 Å². The first kappa shape index (κ1) is 15.0. The Morgan fingerprint density at radius 3 is 2.56 bits per heavy atom. The lowest BCUT2D eigenvalue weighted by molar-refractivity contribution is -0.128. The molecule has 0 spiro atoms. The summed E-state index contributed by atoms with van der Waals surface area (Å²) >= 11 is 0. The van der Waals surface area contributed by atoms with E-state index in [1.165, 1.54) is 0 Å². The Bertz CT molecular complexity index is 293. The molecule has 104 valence electrons. The molecule has 1 rings (SSSR count). The third kappa shape index (κ3) is 5.04. The second-order valence-corrected chi connectivity index (χ2v) is 5.28. The van der Waals surface area contributed by atoms with Crippen molar-refractivity contribution in [3.63, 3.8) is 0 Å². The van der Waals surface area contributed by atoms with E-state index in [4.69, 9.17) is 9.94 Å². The number of nitrogens with one attached hydrogen (secondary N) is 1. The highest BCUT2D eigenvalue weighted by atomic mass is 16.5. The van der Waals surface area contributed by atoms with E-state index in [2.05, 4.69) is 24.3 Å². The molecule has 0 heterocycles. The molecular formula is C13H24N2O3. The highest BCUT2D eigenvalue weighted by molar-refractivity contribution is 5.84. The average Bonchev–Trinajstić information content (AvgIpc) is 2.36. The van der Waals surface area contributed by atoms with E-state index >= 15 is 0 Å². The summed E-state index contributed by atoms with van der Waals surface area (Å²) < 4.78 is 5.57. The maximum atomic E-state index is 11.6. The van der Waals surface area contributed by atoms with Gasteiger partial charge in [0.1, 0.15) is 6.61 Å². The number of rotatable bonds is 5. The lowest BCUT2D eigenvalue weighted by Crippen LogP contribution is -2.39. The maximum Gasteiger partial charge on any atom is 0.246 e. The molecule has 5 nitrogen and oxygen atoms in total. The van der Waals surface area contributed by atoms with Crippen molar-refractivity contribution < 1.29 is 14.7 Å². The van der Waals surface area contributed by atoms with Crippen molar-refractivity contribution in [1.29, 1.82) is 0 Å². The lowest BCUT2D eigenvalue weighted by atomic mass is 9.96. The monoisotopic (exact) mass is 256 g/mol. The van der Waals surface area contributed by atoms with Crippen LogP contribution in [0.15, 0.2) is 5.16 Å². The Morgan fingerprint density at radius 2 is 2.06 bits per heavy atom. The first-order chi connectivity index (χ1) is 8.52. The van der Waals surface area contributed by atoms with Crippen molar-refractivity contribution in [2.24, 2.45) is 11.1 Å². The van der Waals surface area contributed by atoms with Gasteiger partial charge >= 0.3 is 0 Å². The molecule has 0 aromatic rings. The molecule has 5 heteroatoms. The van der Waals surface area contributed by atoms with Gasteiger partial charge in [-0.2, -0.15) is 0 Å². The number of ether oxygens (including phenoxy) is 1. The molecule has 1 saturated carbocycles. The highest BCUT2D eigenvalue weighted by Crippen LogP contribution is 2.18. The van der Waals surface area contributed by atoms with Gasteiger partial charge in [-0.05, 0) is 38.5 Å². The van der Waals surface area contributed by atoms with Crippen LogP contribution in [0, 0.1) is 5.92 Å². The van der Waals surface area contributed by atoms with Crippen LogP contribution in [0.2, 0.25) is 0 Å². The molecule has 0 bridgehead atoms. The third-order valence-electron chi connectivity index (χ3n) is 3.49. The molecule has 0 aliphatic heterocycles. The van der Waals surface area contributed by atoms with Crippen LogP contribution in [-0.4, -0.2) is 35.6 Å². The van der Waals surface area contributed by atoms with E-state index in [0.29, 0.717) is 5.92 Å². The number of carbonyl (C=O) groups excluding carboxylic acids is 1. The molecule has 18 heavy (non-hydrogen) atoms. The molecular weight excluding hydrogens is 232 g/mol. The van der Waals surface area contributed by atoms with E-state index in [9.17, 15) is 4.79 Å². The molecule has 1 amide bonds. The van der Waals surface area contributed by atoms with E-state index in [1.807, 2.05) is 6.92 Å². The summed E-state index contributed by atoms with van der Waals surface area (Å²) in [5, 5.41) is 14.8. The zero-order valence-corrected chi connectivity index (χ0v) is 11.5. The number of carbonyl (C=O) groups is 1. The van der Waals surface area contributed by atoms with Gasteiger partial charge in [0.15, 0.2) is 0 Å². The molecule has 1 aliphatic rings. The van der Waals surface area contributed by atoms with Gasteiger partial charge in [-0.25, -0.2) is 0 Å². The predicted octanol–water partition coefficient (Wildman–Crippen LogP) is 1.94. The van der Waals surface area contributed by atoms with E-state index in [-0.39, 0.29) is 24.7 Å². The summed E-state index contributed by atoms with van der Waals surface area (Å²) in [6, 6.07) is 0.167. The standard InChI is InChI=1S/C13H24N2O3/c1-9(2)10(3)14-13(16)8-18-12-6-4-11(15-17)5-7-12/h9-10,12,17H,4-8H2,1-3H3,(H,14,16). The van der Waals surface area contributed by atoms with Crippen LogP contribution in [0.4, 0.5) is 0 Å². The maximum absolute atomic E-state index is 11.6. The second-order valence-electron chi connectivity index (χ2n) is 5.28.